The molecule has 0 bridgehead atoms. The number of likely N-dealkylation sites (N-methyl/N-ethyl adjacent to an activating group) is 1. The van der Waals surface area contributed by atoms with Gasteiger partial charge in [0.2, 0.25) is 0 Å². The van der Waals surface area contributed by atoms with Gasteiger partial charge in [0.15, 0.2) is 0 Å². The fourth-order valence-corrected chi connectivity index (χ4v) is 2.82. The molecule has 2 unspecified atom stereocenters. The molecule has 1 N–H and O–H groups in total. The standard InChI is InChI=1S/C13H26N2O2/c1-13(2)5-4-12(17-13)9-15-6-7-16-10-11(15)8-14-3/h11-12,14H,4-10H2,1-3H3. The number of ether oxygens (including phenoxy) is 2. The van der Waals surface area contributed by atoms with Gasteiger partial charge >= 0.3 is 0 Å². The second kappa shape index (κ2) is 5.65. The van der Waals surface area contributed by atoms with Crippen LogP contribution in [0.25, 0.3) is 0 Å². The van der Waals surface area contributed by atoms with Crippen LogP contribution >= 0.6 is 0 Å². The number of hydrogen-bond acceptors (Lipinski definition) is 4. The predicted molar refractivity (Wildman–Crippen MR) is 68.3 cm³/mol. The number of rotatable bonds is 4. The summed E-state index contributed by atoms with van der Waals surface area (Å²) in [4.78, 5) is 2.52. The first-order chi connectivity index (χ1) is 8.11. The van der Waals surface area contributed by atoms with Crippen molar-refractivity contribution in [2.24, 2.45) is 0 Å². The molecule has 4 nitrogen and oxygen atoms in total. The van der Waals surface area contributed by atoms with Crippen LogP contribution in [0.5, 0.6) is 0 Å². The molecule has 17 heavy (non-hydrogen) atoms. The Balaban J connectivity index is 1.84. The van der Waals surface area contributed by atoms with Crippen LogP contribution in [0.2, 0.25) is 0 Å². The van der Waals surface area contributed by atoms with Crippen molar-refractivity contribution in [3.8, 4) is 0 Å². The zero-order valence-corrected chi connectivity index (χ0v) is 11.4. The minimum Gasteiger partial charge on any atom is -0.378 e. The molecule has 0 saturated carbocycles. The average Bonchev–Trinajstić information content (AvgIpc) is 2.61. The summed E-state index contributed by atoms with van der Waals surface area (Å²) >= 11 is 0. The van der Waals surface area contributed by atoms with E-state index in [0.717, 1.165) is 32.8 Å². The van der Waals surface area contributed by atoms with Crippen LogP contribution in [0, 0.1) is 0 Å². The van der Waals surface area contributed by atoms with Crippen molar-refractivity contribution in [1.29, 1.82) is 0 Å². The van der Waals surface area contributed by atoms with Crippen molar-refractivity contribution in [1.82, 2.24) is 10.2 Å². The number of morpholine rings is 1. The van der Waals surface area contributed by atoms with E-state index in [4.69, 9.17) is 9.47 Å². The highest BCUT2D eigenvalue weighted by molar-refractivity contribution is 4.85. The van der Waals surface area contributed by atoms with Crippen LogP contribution in [0.15, 0.2) is 0 Å². The van der Waals surface area contributed by atoms with E-state index in [1.807, 2.05) is 7.05 Å². The Hall–Kier alpha value is -0.160. The lowest BCUT2D eigenvalue weighted by molar-refractivity contribution is -0.0603. The molecule has 2 heterocycles. The summed E-state index contributed by atoms with van der Waals surface area (Å²) in [5.41, 5.74) is 0.0788. The lowest BCUT2D eigenvalue weighted by Crippen LogP contribution is -2.52. The molecule has 2 aliphatic heterocycles. The van der Waals surface area contributed by atoms with Crippen molar-refractivity contribution in [2.45, 2.75) is 44.4 Å². The Labute approximate surface area is 105 Å². The third-order valence-corrected chi connectivity index (χ3v) is 3.78. The zero-order valence-electron chi connectivity index (χ0n) is 11.4. The van der Waals surface area contributed by atoms with E-state index in [0.29, 0.717) is 12.1 Å². The lowest BCUT2D eigenvalue weighted by Gasteiger charge is -2.37. The summed E-state index contributed by atoms with van der Waals surface area (Å²) in [6, 6.07) is 0.501. The molecule has 4 heteroatoms. The third kappa shape index (κ3) is 3.65. The number of nitrogens with one attached hydrogen (secondary N) is 1. The number of hydrogen-bond donors (Lipinski definition) is 1. The maximum Gasteiger partial charge on any atom is 0.0710 e. The van der Waals surface area contributed by atoms with E-state index >= 15 is 0 Å². The molecule has 2 atom stereocenters. The normalized spacial score (nSPS) is 34.1. The summed E-state index contributed by atoms with van der Waals surface area (Å²) in [6.07, 6.45) is 2.78. The van der Waals surface area contributed by atoms with Gasteiger partial charge in [0.1, 0.15) is 0 Å². The molecule has 0 aromatic rings. The van der Waals surface area contributed by atoms with Gasteiger partial charge < -0.3 is 14.8 Å². The Kier molecular flexibility index (Phi) is 4.42. The summed E-state index contributed by atoms with van der Waals surface area (Å²) in [5, 5.41) is 3.25. The zero-order chi connectivity index (χ0) is 12.3. The van der Waals surface area contributed by atoms with Gasteiger partial charge in [0, 0.05) is 25.7 Å². The molecule has 0 radical (unpaired) electrons. The van der Waals surface area contributed by atoms with E-state index in [2.05, 4.69) is 24.1 Å². The molecule has 0 aliphatic carbocycles. The van der Waals surface area contributed by atoms with Crippen LogP contribution in [0.4, 0.5) is 0 Å². The van der Waals surface area contributed by atoms with Gasteiger partial charge in [-0.05, 0) is 33.7 Å². The summed E-state index contributed by atoms with van der Waals surface area (Å²) < 4.78 is 11.6. The fraction of sp³-hybridized carbons (Fsp3) is 1.00. The first-order valence-electron chi connectivity index (χ1n) is 6.75. The van der Waals surface area contributed by atoms with E-state index < -0.39 is 0 Å². The second-order valence-corrected chi connectivity index (χ2v) is 5.82. The van der Waals surface area contributed by atoms with Crippen molar-refractivity contribution in [2.75, 3.05) is 39.9 Å². The van der Waals surface area contributed by atoms with Gasteiger partial charge in [0.05, 0.1) is 24.9 Å². The summed E-state index contributed by atoms with van der Waals surface area (Å²) in [5.74, 6) is 0. The quantitative estimate of drug-likeness (QED) is 0.793. The maximum atomic E-state index is 6.08. The highest BCUT2D eigenvalue weighted by atomic mass is 16.5. The van der Waals surface area contributed by atoms with Crippen LogP contribution in [-0.2, 0) is 9.47 Å². The van der Waals surface area contributed by atoms with Gasteiger partial charge in [-0.15, -0.1) is 0 Å². The second-order valence-electron chi connectivity index (χ2n) is 5.82. The molecule has 0 aromatic carbocycles. The average molecular weight is 242 g/mol. The van der Waals surface area contributed by atoms with Crippen molar-refractivity contribution < 1.29 is 9.47 Å². The SMILES string of the molecule is CNCC1COCCN1CC1CCC(C)(C)O1. The Morgan fingerprint density at radius 1 is 1.41 bits per heavy atom. The molecule has 2 saturated heterocycles. The maximum absolute atomic E-state index is 6.08. The summed E-state index contributed by atoms with van der Waals surface area (Å²) in [6.45, 7) is 9.17. The Bertz CT molecular complexity index is 244. The molecular weight excluding hydrogens is 216 g/mol. The van der Waals surface area contributed by atoms with Crippen molar-refractivity contribution >= 4 is 0 Å². The van der Waals surface area contributed by atoms with Gasteiger partial charge in [-0.3, -0.25) is 4.90 Å². The molecule has 0 amide bonds. The monoisotopic (exact) mass is 242 g/mol. The molecule has 0 spiro atoms. The van der Waals surface area contributed by atoms with Gasteiger partial charge in [-0.2, -0.15) is 0 Å². The topological polar surface area (TPSA) is 33.7 Å². The van der Waals surface area contributed by atoms with E-state index in [9.17, 15) is 0 Å². The largest absolute Gasteiger partial charge is 0.378 e. The van der Waals surface area contributed by atoms with Crippen LogP contribution in [0.3, 0.4) is 0 Å². The molecular formula is C13H26N2O2. The Morgan fingerprint density at radius 3 is 2.88 bits per heavy atom. The first kappa shape index (κ1) is 13.3. The van der Waals surface area contributed by atoms with E-state index in [1.165, 1.54) is 12.8 Å². The summed E-state index contributed by atoms with van der Waals surface area (Å²) in [7, 11) is 2.00. The first-order valence-corrected chi connectivity index (χ1v) is 6.75. The minimum atomic E-state index is 0.0788. The molecule has 100 valence electrons. The van der Waals surface area contributed by atoms with Crippen molar-refractivity contribution in [3.63, 3.8) is 0 Å². The lowest BCUT2D eigenvalue weighted by atomic mass is 10.1. The highest BCUT2D eigenvalue weighted by Crippen LogP contribution is 2.30. The van der Waals surface area contributed by atoms with Gasteiger partial charge in [-0.1, -0.05) is 0 Å². The van der Waals surface area contributed by atoms with Crippen LogP contribution < -0.4 is 5.32 Å². The number of nitrogens with zero attached hydrogens (tertiary/aromatic N) is 1. The van der Waals surface area contributed by atoms with Gasteiger partial charge in [-0.25, -0.2) is 0 Å². The molecule has 2 rings (SSSR count). The molecule has 0 aromatic heterocycles. The minimum absolute atomic E-state index is 0.0788. The Morgan fingerprint density at radius 2 is 2.24 bits per heavy atom. The third-order valence-electron chi connectivity index (χ3n) is 3.78. The molecule has 2 aliphatic rings. The molecule has 2 fully saturated rings. The predicted octanol–water partition coefficient (Wildman–Crippen LogP) is 0.864. The van der Waals surface area contributed by atoms with E-state index in [-0.39, 0.29) is 5.60 Å². The smallest absolute Gasteiger partial charge is 0.0710 e. The van der Waals surface area contributed by atoms with Crippen LogP contribution in [0.1, 0.15) is 26.7 Å². The highest BCUT2D eigenvalue weighted by Gasteiger charge is 2.34. The van der Waals surface area contributed by atoms with Gasteiger partial charge in [0.25, 0.3) is 0 Å². The van der Waals surface area contributed by atoms with Crippen LogP contribution in [-0.4, -0.2) is 62.5 Å². The van der Waals surface area contributed by atoms with Crippen molar-refractivity contribution in [3.05, 3.63) is 0 Å². The fourth-order valence-electron chi connectivity index (χ4n) is 2.82. The van der Waals surface area contributed by atoms with E-state index in [1.54, 1.807) is 0 Å².